The monoisotopic (exact) mass is 194 g/mol. The van der Waals surface area contributed by atoms with Crippen LogP contribution in [-0.2, 0) is 11.3 Å². The molecule has 0 atom stereocenters. The molecular formula is C9H14N4O. The van der Waals surface area contributed by atoms with Crippen molar-refractivity contribution in [2.45, 2.75) is 25.4 Å². The first-order valence-corrected chi connectivity index (χ1v) is 4.83. The lowest BCUT2D eigenvalue weighted by molar-refractivity contribution is -0.120. The van der Waals surface area contributed by atoms with Crippen molar-refractivity contribution in [3.8, 4) is 0 Å². The summed E-state index contributed by atoms with van der Waals surface area (Å²) in [5.41, 5.74) is 0.990. The molecule has 1 amide bonds. The topological polar surface area (TPSA) is 69.8 Å². The summed E-state index contributed by atoms with van der Waals surface area (Å²) < 4.78 is 0. The Labute approximate surface area is 82.3 Å². The van der Waals surface area contributed by atoms with E-state index < -0.39 is 0 Å². The largest absolute Gasteiger partial charge is 0.352 e. The minimum Gasteiger partial charge on any atom is -0.352 e. The van der Waals surface area contributed by atoms with Crippen LogP contribution in [0.15, 0.2) is 12.3 Å². The number of H-pyrrole nitrogens is 1. The van der Waals surface area contributed by atoms with E-state index in [9.17, 15) is 4.79 Å². The maximum atomic E-state index is 11.2. The summed E-state index contributed by atoms with van der Waals surface area (Å²) in [6.07, 6.45) is 3.96. The van der Waals surface area contributed by atoms with Gasteiger partial charge in [-0.05, 0) is 18.9 Å². The van der Waals surface area contributed by atoms with Crippen molar-refractivity contribution >= 4 is 5.91 Å². The highest BCUT2D eigenvalue weighted by Gasteiger charge is 2.22. The highest BCUT2D eigenvalue weighted by molar-refractivity contribution is 5.78. The van der Waals surface area contributed by atoms with Crippen molar-refractivity contribution in [1.29, 1.82) is 0 Å². The predicted molar refractivity (Wildman–Crippen MR) is 51.5 cm³/mol. The van der Waals surface area contributed by atoms with Crippen LogP contribution in [0.5, 0.6) is 0 Å². The lowest BCUT2D eigenvalue weighted by Gasteiger charge is -2.03. The second kappa shape index (κ2) is 4.23. The van der Waals surface area contributed by atoms with Gasteiger partial charge in [-0.3, -0.25) is 9.89 Å². The van der Waals surface area contributed by atoms with Gasteiger partial charge in [-0.15, -0.1) is 0 Å². The summed E-state index contributed by atoms with van der Waals surface area (Å²) in [5.74, 6) is 0.0759. The Balaban J connectivity index is 1.60. The predicted octanol–water partition coefficient (Wildman–Crippen LogP) is -0.222. The highest BCUT2D eigenvalue weighted by Crippen LogP contribution is 2.18. The molecule has 76 valence electrons. The normalized spacial score (nSPS) is 15.4. The van der Waals surface area contributed by atoms with E-state index in [-0.39, 0.29) is 5.91 Å². The standard InChI is InChI=1S/C9H14N4O/c14-9(12-7-1-2-7)6-10-5-8-3-4-11-13-8/h3-4,7,10H,1-2,5-6H2,(H,11,13)(H,12,14). The van der Waals surface area contributed by atoms with E-state index in [4.69, 9.17) is 0 Å². The Hall–Kier alpha value is -1.36. The second-order valence-electron chi connectivity index (χ2n) is 3.53. The SMILES string of the molecule is O=C(CNCc1ccn[nH]1)NC1CC1. The third-order valence-electron chi connectivity index (χ3n) is 2.10. The Kier molecular flexibility index (Phi) is 2.78. The van der Waals surface area contributed by atoms with Crippen molar-refractivity contribution < 1.29 is 4.79 Å². The van der Waals surface area contributed by atoms with Crippen LogP contribution in [0, 0.1) is 0 Å². The van der Waals surface area contributed by atoms with Crippen LogP contribution in [0.3, 0.4) is 0 Å². The fraction of sp³-hybridized carbons (Fsp3) is 0.556. The first-order chi connectivity index (χ1) is 6.84. The van der Waals surface area contributed by atoms with Crippen LogP contribution in [-0.4, -0.2) is 28.7 Å². The molecule has 1 aliphatic carbocycles. The van der Waals surface area contributed by atoms with Crippen molar-refractivity contribution in [3.63, 3.8) is 0 Å². The second-order valence-corrected chi connectivity index (χ2v) is 3.53. The molecule has 0 aliphatic heterocycles. The molecular weight excluding hydrogens is 180 g/mol. The molecule has 1 saturated carbocycles. The van der Waals surface area contributed by atoms with Gasteiger partial charge in [0.25, 0.3) is 0 Å². The van der Waals surface area contributed by atoms with Gasteiger partial charge < -0.3 is 10.6 Å². The summed E-state index contributed by atoms with van der Waals surface area (Å²) in [6.45, 7) is 1.02. The third-order valence-corrected chi connectivity index (χ3v) is 2.10. The summed E-state index contributed by atoms with van der Waals surface area (Å²) in [5, 5.41) is 12.6. The third kappa shape index (κ3) is 2.85. The summed E-state index contributed by atoms with van der Waals surface area (Å²) in [7, 11) is 0. The van der Waals surface area contributed by atoms with E-state index >= 15 is 0 Å². The van der Waals surface area contributed by atoms with Gasteiger partial charge in [0.2, 0.25) is 5.91 Å². The number of carbonyl (C=O) groups is 1. The van der Waals surface area contributed by atoms with E-state index in [1.165, 1.54) is 0 Å². The number of aromatic nitrogens is 2. The average Bonchev–Trinajstić information content (AvgIpc) is 2.82. The summed E-state index contributed by atoms with van der Waals surface area (Å²) in [6, 6.07) is 2.32. The lowest BCUT2D eigenvalue weighted by atomic mass is 10.4. The molecule has 1 fully saturated rings. The minimum absolute atomic E-state index is 0.0759. The summed E-state index contributed by atoms with van der Waals surface area (Å²) >= 11 is 0. The molecule has 1 aliphatic rings. The van der Waals surface area contributed by atoms with Crippen LogP contribution >= 0.6 is 0 Å². The van der Waals surface area contributed by atoms with Gasteiger partial charge in [0.1, 0.15) is 0 Å². The molecule has 5 heteroatoms. The van der Waals surface area contributed by atoms with Crippen molar-refractivity contribution in [2.24, 2.45) is 0 Å². The van der Waals surface area contributed by atoms with Crippen molar-refractivity contribution in [3.05, 3.63) is 18.0 Å². The quantitative estimate of drug-likeness (QED) is 0.607. The number of hydrogen-bond acceptors (Lipinski definition) is 3. The molecule has 1 aromatic rings. The molecule has 1 aromatic heterocycles. The van der Waals surface area contributed by atoms with E-state index in [0.717, 1.165) is 18.5 Å². The van der Waals surface area contributed by atoms with E-state index in [2.05, 4.69) is 20.8 Å². The highest BCUT2D eigenvalue weighted by atomic mass is 16.2. The molecule has 0 saturated heterocycles. The molecule has 0 spiro atoms. The van der Waals surface area contributed by atoms with E-state index in [1.807, 2.05) is 6.07 Å². The number of hydrogen-bond donors (Lipinski definition) is 3. The number of amides is 1. The molecule has 1 heterocycles. The first-order valence-electron chi connectivity index (χ1n) is 4.83. The Bertz CT molecular complexity index is 292. The number of carbonyl (C=O) groups excluding carboxylic acids is 1. The van der Waals surface area contributed by atoms with Crippen molar-refractivity contribution in [2.75, 3.05) is 6.54 Å². The van der Waals surface area contributed by atoms with Crippen LogP contribution in [0.2, 0.25) is 0 Å². The van der Waals surface area contributed by atoms with Gasteiger partial charge >= 0.3 is 0 Å². The van der Waals surface area contributed by atoms with E-state index in [0.29, 0.717) is 19.1 Å². The molecule has 0 aromatic carbocycles. The van der Waals surface area contributed by atoms with Gasteiger partial charge in [0, 0.05) is 24.5 Å². The fourth-order valence-corrected chi connectivity index (χ4v) is 1.20. The molecule has 0 bridgehead atoms. The van der Waals surface area contributed by atoms with Gasteiger partial charge in [0.05, 0.1) is 6.54 Å². The number of nitrogens with one attached hydrogen (secondary N) is 3. The molecule has 3 N–H and O–H groups in total. The zero-order valence-corrected chi connectivity index (χ0v) is 7.92. The van der Waals surface area contributed by atoms with Crippen LogP contribution in [0.1, 0.15) is 18.5 Å². The minimum atomic E-state index is 0.0759. The van der Waals surface area contributed by atoms with Crippen molar-refractivity contribution in [1.82, 2.24) is 20.8 Å². The molecule has 0 radical (unpaired) electrons. The Morgan fingerprint density at radius 1 is 1.64 bits per heavy atom. The summed E-state index contributed by atoms with van der Waals surface area (Å²) in [4.78, 5) is 11.2. The maximum Gasteiger partial charge on any atom is 0.234 e. The number of aromatic amines is 1. The molecule has 0 unspecified atom stereocenters. The zero-order valence-electron chi connectivity index (χ0n) is 7.92. The molecule has 2 rings (SSSR count). The Morgan fingerprint density at radius 3 is 3.14 bits per heavy atom. The smallest absolute Gasteiger partial charge is 0.234 e. The first kappa shape index (κ1) is 9.21. The number of rotatable bonds is 5. The van der Waals surface area contributed by atoms with Crippen LogP contribution in [0.25, 0.3) is 0 Å². The van der Waals surface area contributed by atoms with Crippen LogP contribution < -0.4 is 10.6 Å². The van der Waals surface area contributed by atoms with Crippen LogP contribution in [0.4, 0.5) is 0 Å². The maximum absolute atomic E-state index is 11.2. The molecule has 5 nitrogen and oxygen atoms in total. The van der Waals surface area contributed by atoms with Gasteiger partial charge in [-0.1, -0.05) is 0 Å². The van der Waals surface area contributed by atoms with Gasteiger partial charge in [0.15, 0.2) is 0 Å². The average molecular weight is 194 g/mol. The van der Waals surface area contributed by atoms with E-state index in [1.54, 1.807) is 6.20 Å². The zero-order chi connectivity index (χ0) is 9.80. The Morgan fingerprint density at radius 2 is 2.50 bits per heavy atom. The van der Waals surface area contributed by atoms with Gasteiger partial charge in [-0.2, -0.15) is 5.10 Å². The lowest BCUT2D eigenvalue weighted by Crippen LogP contribution is -2.34. The fourth-order valence-electron chi connectivity index (χ4n) is 1.20. The number of nitrogens with zero attached hydrogens (tertiary/aromatic N) is 1. The van der Waals surface area contributed by atoms with Gasteiger partial charge in [-0.25, -0.2) is 0 Å². The molecule has 14 heavy (non-hydrogen) atoms.